The van der Waals surface area contributed by atoms with Gasteiger partial charge in [-0.3, -0.25) is 4.79 Å². The fraction of sp³-hybridized carbons (Fsp3) is 0.458. The van der Waals surface area contributed by atoms with Crippen LogP contribution in [0.25, 0.3) is 0 Å². The lowest BCUT2D eigenvalue weighted by molar-refractivity contribution is -0.137. The molecule has 1 heterocycles. The zero-order valence-corrected chi connectivity index (χ0v) is 19.3. The third-order valence-electron chi connectivity index (χ3n) is 6.00. The van der Waals surface area contributed by atoms with E-state index in [1.807, 2.05) is 59.5 Å². The zero-order chi connectivity index (χ0) is 21.1. The molecule has 4 nitrogen and oxygen atoms in total. The van der Waals surface area contributed by atoms with E-state index in [9.17, 15) is 4.79 Å². The summed E-state index contributed by atoms with van der Waals surface area (Å²) in [5.74, 6) is 1.82. The highest BCUT2D eigenvalue weighted by Gasteiger charge is 2.40. The molecule has 0 N–H and O–H groups in total. The lowest BCUT2D eigenvalue weighted by atomic mass is 10.1. The van der Waals surface area contributed by atoms with E-state index in [4.69, 9.17) is 9.16 Å². The molecule has 29 heavy (non-hydrogen) atoms. The number of para-hydroxylation sites is 1. The van der Waals surface area contributed by atoms with E-state index in [2.05, 4.69) is 33.9 Å². The van der Waals surface area contributed by atoms with Crippen molar-refractivity contribution in [1.29, 1.82) is 0 Å². The Morgan fingerprint density at radius 2 is 1.62 bits per heavy atom. The molecule has 1 atom stereocenters. The van der Waals surface area contributed by atoms with E-state index < -0.39 is 8.32 Å². The van der Waals surface area contributed by atoms with Gasteiger partial charge >= 0.3 is 0 Å². The van der Waals surface area contributed by atoms with E-state index in [1.165, 1.54) is 0 Å². The van der Waals surface area contributed by atoms with E-state index in [0.717, 1.165) is 23.5 Å². The Morgan fingerprint density at radius 3 is 2.24 bits per heavy atom. The molecule has 0 aliphatic carbocycles. The highest BCUT2D eigenvalue weighted by Crippen LogP contribution is 2.38. The topological polar surface area (TPSA) is 38.8 Å². The Morgan fingerprint density at radius 1 is 1.00 bits per heavy atom. The molecule has 0 bridgehead atoms. The predicted octanol–water partition coefficient (Wildman–Crippen LogP) is 5.99. The lowest BCUT2D eigenvalue weighted by Gasteiger charge is -2.42. The first-order chi connectivity index (χ1) is 13.6. The maximum atomic E-state index is 12.5. The van der Waals surface area contributed by atoms with Crippen LogP contribution in [0.4, 0.5) is 0 Å². The highest BCUT2D eigenvalue weighted by atomic mass is 28.4. The standard InChI is InChI=1S/C24H33NO3Si/c1-24(2,3)29(4,5)28-22-15-16-23(26)25(18-22)17-19-11-13-21(14-12-19)27-20-9-7-6-8-10-20/h6-14,22H,15-18H2,1-5H3. The SMILES string of the molecule is CC(C)(C)[Si](C)(C)OC1CCC(=O)N(Cc2ccc(Oc3ccccc3)cc2)C1. The Labute approximate surface area is 176 Å². The average Bonchev–Trinajstić information content (AvgIpc) is 2.66. The molecule has 0 spiro atoms. The second kappa shape index (κ2) is 8.72. The molecule has 1 aliphatic rings. The van der Waals surface area contributed by atoms with Gasteiger partial charge in [-0.1, -0.05) is 51.1 Å². The number of hydrogen-bond donors (Lipinski definition) is 0. The second-order valence-corrected chi connectivity index (χ2v) is 14.1. The van der Waals surface area contributed by atoms with Gasteiger partial charge in [-0.2, -0.15) is 0 Å². The molecule has 1 amide bonds. The van der Waals surface area contributed by atoms with E-state index in [-0.39, 0.29) is 17.0 Å². The first kappa shape index (κ1) is 21.6. The van der Waals surface area contributed by atoms with Gasteiger partial charge in [0, 0.05) is 19.5 Å². The van der Waals surface area contributed by atoms with Gasteiger partial charge in [0.1, 0.15) is 11.5 Å². The van der Waals surface area contributed by atoms with E-state index in [0.29, 0.717) is 19.5 Å². The average molecular weight is 412 g/mol. The van der Waals surface area contributed by atoms with Crippen molar-refractivity contribution in [1.82, 2.24) is 4.90 Å². The van der Waals surface area contributed by atoms with Gasteiger partial charge in [-0.05, 0) is 54.4 Å². The van der Waals surface area contributed by atoms with Crippen molar-refractivity contribution in [2.24, 2.45) is 0 Å². The second-order valence-electron chi connectivity index (χ2n) is 9.37. The molecular weight excluding hydrogens is 378 g/mol. The Kier molecular flexibility index (Phi) is 6.49. The summed E-state index contributed by atoms with van der Waals surface area (Å²) in [6.45, 7) is 12.6. The molecule has 0 radical (unpaired) electrons. The fourth-order valence-electron chi connectivity index (χ4n) is 3.23. The van der Waals surface area contributed by atoms with Crippen LogP contribution in [0.15, 0.2) is 54.6 Å². The van der Waals surface area contributed by atoms with Gasteiger partial charge < -0.3 is 14.1 Å². The monoisotopic (exact) mass is 411 g/mol. The minimum absolute atomic E-state index is 0.134. The number of hydrogen-bond acceptors (Lipinski definition) is 3. The van der Waals surface area contributed by atoms with Crippen molar-refractivity contribution in [3.8, 4) is 11.5 Å². The summed E-state index contributed by atoms with van der Waals surface area (Å²) in [6.07, 6.45) is 1.52. The number of likely N-dealkylation sites (tertiary alicyclic amines) is 1. The minimum atomic E-state index is -1.84. The smallest absolute Gasteiger partial charge is 0.223 e. The summed E-state index contributed by atoms with van der Waals surface area (Å²) in [4.78, 5) is 14.4. The fourth-order valence-corrected chi connectivity index (χ4v) is 4.61. The van der Waals surface area contributed by atoms with Gasteiger partial charge in [0.15, 0.2) is 8.32 Å². The van der Waals surface area contributed by atoms with Crippen LogP contribution >= 0.6 is 0 Å². The predicted molar refractivity (Wildman–Crippen MR) is 120 cm³/mol. The largest absolute Gasteiger partial charge is 0.457 e. The van der Waals surface area contributed by atoms with Gasteiger partial charge in [0.25, 0.3) is 0 Å². The molecular formula is C24H33NO3Si. The third kappa shape index (κ3) is 5.70. The van der Waals surface area contributed by atoms with Crippen molar-refractivity contribution in [2.75, 3.05) is 6.54 Å². The Hall–Kier alpha value is -2.11. The van der Waals surface area contributed by atoms with Gasteiger partial charge in [0.2, 0.25) is 5.91 Å². The number of carbonyl (C=O) groups excluding carboxylic acids is 1. The molecule has 0 aromatic heterocycles. The first-order valence-electron chi connectivity index (χ1n) is 10.4. The van der Waals surface area contributed by atoms with Crippen LogP contribution < -0.4 is 4.74 Å². The van der Waals surface area contributed by atoms with Crippen LogP contribution in [0.5, 0.6) is 11.5 Å². The maximum Gasteiger partial charge on any atom is 0.223 e. The number of benzene rings is 2. The highest BCUT2D eigenvalue weighted by molar-refractivity contribution is 6.74. The van der Waals surface area contributed by atoms with Crippen LogP contribution in [-0.4, -0.2) is 31.8 Å². The van der Waals surface area contributed by atoms with Gasteiger partial charge in [0.05, 0.1) is 6.10 Å². The molecule has 5 heteroatoms. The molecule has 0 saturated carbocycles. The number of ether oxygens (including phenoxy) is 1. The van der Waals surface area contributed by atoms with E-state index in [1.54, 1.807) is 0 Å². The van der Waals surface area contributed by atoms with Crippen LogP contribution in [0.2, 0.25) is 18.1 Å². The zero-order valence-electron chi connectivity index (χ0n) is 18.3. The number of amides is 1. The summed E-state index contributed by atoms with van der Waals surface area (Å²) in [7, 11) is -1.84. The van der Waals surface area contributed by atoms with Crippen molar-refractivity contribution in [3.63, 3.8) is 0 Å². The van der Waals surface area contributed by atoms with Crippen LogP contribution in [0, 0.1) is 0 Å². The summed E-state index contributed by atoms with van der Waals surface area (Å²) in [5, 5.41) is 0.174. The van der Waals surface area contributed by atoms with Crippen molar-refractivity contribution in [2.45, 2.75) is 64.4 Å². The van der Waals surface area contributed by atoms with Crippen molar-refractivity contribution < 1.29 is 14.0 Å². The molecule has 2 aromatic rings. The van der Waals surface area contributed by atoms with Crippen molar-refractivity contribution >= 4 is 14.2 Å². The molecule has 3 rings (SSSR count). The van der Waals surface area contributed by atoms with Crippen LogP contribution in [0.1, 0.15) is 39.2 Å². The summed E-state index contributed by atoms with van der Waals surface area (Å²) >= 11 is 0. The number of piperidine rings is 1. The summed E-state index contributed by atoms with van der Waals surface area (Å²) in [5.41, 5.74) is 1.10. The molecule has 156 valence electrons. The summed E-state index contributed by atoms with van der Waals surface area (Å²) in [6, 6.07) is 17.7. The molecule has 1 fully saturated rings. The lowest BCUT2D eigenvalue weighted by Crippen LogP contribution is -2.50. The van der Waals surface area contributed by atoms with Gasteiger partial charge in [-0.25, -0.2) is 0 Å². The normalized spacial score (nSPS) is 18.0. The molecule has 1 unspecified atom stereocenters. The number of nitrogens with zero attached hydrogens (tertiary/aromatic N) is 1. The first-order valence-corrected chi connectivity index (χ1v) is 13.3. The minimum Gasteiger partial charge on any atom is -0.457 e. The molecule has 2 aromatic carbocycles. The molecule has 1 aliphatic heterocycles. The number of carbonyl (C=O) groups is 1. The van der Waals surface area contributed by atoms with Crippen molar-refractivity contribution in [3.05, 3.63) is 60.2 Å². The Bertz CT molecular complexity index is 812. The molecule has 1 saturated heterocycles. The van der Waals surface area contributed by atoms with E-state index >= 15 is 0 Å². The quantitative estimate of drug-likeness (QED) is 0.548. The van der Waals surface area contributed by atoms with Gasteiger partial charge in [-0.15, -0.1) is 0 Å². The Balaban J connectivity index is 1.60. The summed E-state index contributed by atoms with van der Waals surface area (Å²) < 4.78 is 12.4. The van der Waals surface area contributed by atoms with Crippen LogP contribution in [-0.2, 0) is 15.8 Å². The number of rotatable bonds is 6. The third-order valence-corrected chi connectivity index (χ3v) is 10.5. The van der Waals surface area contributed by atoms with Crippen LogP contribution in [0.3, 0.4) is 0 Å². The maximum absolute atomic E-state index is 12.5.